The van der Waals surface area contributed by atoms with E-state index in [4.69, 9.17) is 5.73 Å². The number of amides is 1. The smallest absolute Gasteiger partial charge is 0.269 e. The Morgan fingerprint density at radius 3 is 2.84 bits per heavy atom. The van der Waals surface area contributed by atoms with E-state index in [0.717, 1.165) is 5.56 Å². The lowest BCUT2D eigenvalue weighted by molar-refractivity contribution is 0.0949. The van der Waals surface area contributed by atoms with E-state index in [0.29, 0.717) is 31.0 Å². The highest BCUT2D eigenvalue weighted by Crippen LogP contribution is 1.99. The molecule has 7 nitrogen and oxygen atoms in total. The van der Waals surface area contributed by atoms with Crippen molar-refractivity contribution in [2.75, 3.05) is 6.54 Å². The Kier molecular flexibility index (Phi) is 4.19. The summed E-state index contributed by atoms with van der Waals surface area (Å²) in [6.45, 7) is 0.892. The van der Waals surface area contributed by atoms with Crippen molar-refractivity contribution >= 4 is 5.91 Å². The number of nitrogens with zero attached hydrogens (tertiary/aromatic N) is 4. The Morgan fingerprint density at radius 1 is 1.42 bits per heavy atom. The van der Waals surface area contributed by atoms with E-state index in [1.54, 1.807) is 36.4 Å². The van der Waals surface area contributed by atoms with Gasteiger partial charge in [0.25, 0.3) is 5.91 Å². The van der Waals surface area contributed by atoms with Crippen molar-refractivity contribution in [2.45, 2.75) is 13.0 Å². The molecule has 0 spiro atoms. The first-order valence-electron chi connectivity index (χ1n) is 5.97. The second-order valence-corrected chi connectivity index (χ2v) is 4.10. The van der Waals surface area contributed by atoms with E-state index in [-0.39, 0.29) is 5.91 Å². The fraction of sp³-hybridized carbons (Fsp3) is 0.333. The third-order valence-corrected chi connectivity index (χ3v) is 2.57. The Balaban J connectivity index is 1.83. The topological polar surface area (TPSA) is 98.7 Å². The van der Waals surface area contributed by atoms with Gasteiger partial charge in [-0.25, -0.2) is 4.98 Å². The van der Waals surface area contributed by atoms with Crippen LogP contribution in [0.3, 0.4) is 0 Å². The fourth-order valence-electron chi connectivity index (χ4n) is 1.56. The molecule has 1 amide bonds. The summed E-state index contributed by atoms with van der Waals surface area (Å²) in [5, 5.41) is 6.90. The van der Waals surface area contributed by atoms with Crippen molar-refractivity contribution in [1.29, 1.82) is 0 Å². The van der Waals surface area contributed by atoms with Crippen molar-refractivity contribution in [3.63, 3.8) is 0 Å². The van der Waals surface area contributed by atoms with E-state index < -0.39 is 0 Å². The van der Waals surface area contributed by atoms with Gasteiger partial charge in [-0.3, -0.25) is 14.5 Å². The van der Waals surface area contributed by atoms with Crippen LogP contribution in [-0.2, 0) is 20.0 Å². The van der Waals surface area contributed by atoms with Crippen molar-refractivity contribution in [3.05, 3.63) is 41.7 Å². The van der Waals surface area contributed by atoms with Crippen molar-refractivity contribution < 1.29 is 4.79 Å². The van der Waals surface area contributed by atoms with Gasteiger partial charge in [-0.15, -0.1) is 0 Å². The number of hydrogen-bond donors (Lipinski definition) is 2. The molecule has 2 rings (SSSR count). The minimum absolute atomic E-state index is 0.209. The van der Waals surface area contributed by atoms with E-state index in [9.17, 15) is 4.79 Å². The predicted molar refractivity (Wildman–Crippen MR) is 69.2 cm³/mol. The molecule has 3 N–H and O–H groups in total. The van der Waals surface area contributed by atoms with Crippen LogP contribution in [-0.4, -0.2) is 32.2 Å². The van der Waals surface area contributed by atoms with E-state index in [2.05, 4.69) is 20.4 Å². The molecule has 0 aliphatic rings. The molecule has 7 heteroatoms. The highest BCUT2D eigenvalue weighted by atomic mass is 16.1. The Hall–Kier alpha value is -2.28. The molecule has 0 aromatic carbocycles. The second-order valence-electron chi connectivity index (χ2n) is 4.10. The van der Waals surface area contributed by atoms with Crippen molar-refractivity contribution in [2.24, 2.45) is 12.8 Å². The molecule has 0 aliphatic carbocycles. The third-order valence-electron chi connectivity index (χ3n) is 2.57. The average molecular weight is 260 g/mol. The molecule has 2 aromatic rings. The molecular weight excluding hydrogens is 244 g/mol. The summed E-state index contributed by atoms with van der Waals surface area (Å²) >= 11 is 0. The molecule has 0 unspecified atom stereocenters. The van der Waals surface area contributed by atoms with E-state index in [1.165, 1.54) is 0 Å². The molecule has 0 saturated carbocycles. The maximum atomic E-state index is 11.8. The van der Waals surface area contributed by atoms with Gasteiger partial charge < -0.3 is 11.1 Å². The van der Waals surface area contributed by atoms with Crippen LogP contribution < -0.4 is 11.1 Å². The van der Waals surface area contributed by atoms with Crippen LogP contribution >= 0.6 is 0 Å². The molecule has 0 atom stereocenters. The number of carbonyl (C=O) groups excluding carboxylic acids is 1. The van der Waals surface area contributed by atoms with Gasteiger partial charge in [0.1, 0.15) is 12.0 Å². The van der Waals surface area contributed by atoms with E-state index in [1.807, 2.05) is 0 Å². The molecule has 2 heterocycles. The maximum Gasteiger partial charge on any atom is 0.269 e. The van der Waals surface area contributed by atoms with Crippen LogP contribution in [0, 0.1) is 0 Å². The quantitative estimate of drug-likeness (QED) is 0.765. The first kappa shape index (κ1) is 13.2. The molecule has 19 heavy (non-hydrogen) atoms. The lowest BCUT2D eigenvalue weighted by Crippen LogP contribution is -2.26. The minimum atomic E-state index is -0.209. The summed E-state index contributed by atoms with van der Waals surface area (Å²) < 4.78 is 1.63. The first-order chi connectivity index (χ1) is 9.19. The molecule has 0 radical (unpaired) electrons. The summed E-state index contributed by atoms with van der Waals surface area (Å²) in [7, 11) is 1.80. The van der Waals surface area contributed by atoms with Crippen LogP contribution in [0.5, 0.6) is 0 Å². The van der Waals surface area contributed by atoms with Crippen LogP contribution in [0.1, 0.15) is 21.9 Å². The summed E-state index contributed by atoms with van der Waals surface area (Å²) in [5.41, 5.74) is 6.74. The van der Waals surface area contributed by atoms with Crippen molar-refractivity contribution in [1.82, 2.24) is 25.1 Å². The van der Waals surface area contributed by atoms with Gasteiger partial charge in [0.05, 0.1) is 0 Å². The predicted octanol–water partition coefficient (Wildman–Crippen LogP) is -0.359. The number of aryl methyl sites for hydroxylation is 1. The molecule has 0 aliphatic heterocycles. The zero-order valence-corrected chi connectivity index (χ0v) is 10.7. The van der Waals surface area contributed by atoms with Gasteiger partial charge >= 0.3 is 0 Å². The van der Waals surface area contributed by atoms with Gasteiger partial charge in [-0.1, -0.05) is 6.07 Å². The summed E-state index contributed by atoms with van der Waals surface area (Å²) in [4.78, 5) is 19.9. The molecule has 0 fully saturated rings. The molecule has 0 bridgehead atoms. The number of pyridine rings is 1. The van der Waals surface area contributed by atoms with Gasteiger partial charge in [-0.05, 0) is 11.6 Å². The zero-order valence-electron chi connectivity index (χ0n) is 10.7. The van der Waals surface area contributed by atoms with Crippen LogP contribution in [0.4, 0.5) is 0 Å². The van der Waals surface area contributed by atoms with E-state index >= 15 is 0 Å². The zero-order chi connectivity index (χ0) is 13.7. The number of rotatable bonds is 5. The fourth-order valence-corrected chi connectivity index (χ4v) is 1.56. The third kappa shape index (κ3) is 3.59. The number of aromatic nitrogens is 4. The van der Waals surface area contributed by atoms with Crippen LogP contribution in [0.15, 0.2) is 24.7 Å². The number of nitrogens with two attached hydrogens (primary N) is 1. The largest absolute Gasteiger partial charge is 0.350 e. The Labute approximate surface area is 110 Å². The van der Waals surface area contributed by atoms with Gasteiger partial charge in [-0.2, -0.15) is 5.10 Å². The number of nitrogens with one attached hydrogen (secondary N) is 1. The lowest BCUT2D eigenvalue weighted by Gasteiger charge is -2.03. The van der Waals surface area contributed by atoms with Gasteiger partial charge in [0.2, 0.25) is 0 Å². The highest BCUT2D eigenvalue weighted by molar-refractivity contribution is 5.92. The second kappa shape index (κ2) is 6.05. The van der Waals surface area contributed by atoms with Gasteiger partial charge in [0.15, 0.2) is 5.82 Å². The average Bonchev–Trinajstić information content (AvgIpc) is 2.84. The summed E-state index contributed by atoms with van der Waals surface area (Å²) in [6, 6.07) is 3.46. The summed E-state index contributed by atoms with van der Waals surface area (Å²) in [5.74, 6) is 0.494. The normalized spacial score (nSPS) is 10.4. The lowest BCUT2D eigenvalue weighted by atomic mass is 10.2. The highest BCUT2D eigenvalue weighted by Gasteiger charge is 2.07. The van der Waals surface area contributed by atoms with Crippen molar-refractivity contribution in [3.8, 4) is 0 Å². The molecule has 0 saturated heterocycles. The SMILES string of the molecule is Cn1cnc(CCNC(=O)c2ccc(CN)cn2)n1. The maximum absolute atomic E-state index is 11.8. The minimum Gasteiger partial charge on any atom is -0.350 e. The monoisotopic (exact) mass is 260 g/mol. The standard InChI is InChI=1S/C12H16N6O/c1-18-8-16-11(17-18)4-5-14-12(19)10-3-2-9(6-13)7-15-10/h2-3,7-8H,4-6,13H2,1H3,(H,14,19). The molecule has 2 aromatic heterocycles. The number of hydrogen-bond acceptors (Lipinski definition) is 5. The summed E-state index contributed by atoms with van der Waals surface area (Å²) in [6.07, 6.45) is 3.83. The first-order valence-corrected chi connectivity index (χ1v) is 5.97. The Bertz CT molecular complexity index is 548. The van der Waals surface area contributed by atoms with Crippen LogP contribution in [0.2, 0.25) is 0 Å². The Morgan fingerprint density at radius 2 is 2.26 bits per heavy atom. The van der Waals surface area contributed by atoms with Crippen LogP contribution in [0.25, 0.3) is 0 Å². The number of carbonyl (C=O) groups is 1. The molecule has 100 valence electrons. The molecular formula is C12H16N6O. The van der Waals surface area contributed by atoms with Gasteiger partial charge in [0, 0.05) is 32.8 Å².